The number of hydrogen-bond acceptors (Lipinski definition) is 4. The molecule has 0 spiro atoms. The monoisotopic (exact) mass is 401 g/mol. The summed E-state index contributed by atoms with van der Waals surface area (Å²) < 4.78 is 0. The van der Waals surface area contributed by atoms with Gasteiger partial charge in [0, 0.05) is 10.8 Å². The molecule has 4 nitrogen and oxygen atoms in total. The van der Waals surface area contributed by atoms with Crippen LogP contribution in [0.5, 0.6) is 0 Å². The fourth-order valence-corrected chi connectivity index (χ4v) is 3.91. The van der Waals surface area contributed by atoms with E-state index in [1.165, 1.54) is 16.7 Å². The molecule has 27 heavy (non-hydrogen) atoms. The highest BCUT2D eigenvalue weighted by molar-refractivity contribution is 8.04. The molecule has 0 unspecified atom stereocenters. The first-order valence-electron chi connectivity index (χ1n) is 8.58. The Kier molecular flexibility index (Phi) is 6.05. The minimum Gasteiger partial charge on any atom is -0.396 e. The number of rotatable bonds is 6. The summed E-state index contributed by atoms with van der Waals surface area (Å²) in [7, 11) is 0. The number of carbonyl (C=O) groups is 2. The number of amides is 2. The van der Waals surface area contributed by atoms with E-state index in [2.05, 4.69) is 0 Å². The first-order chi connectivity index (χ1) is 12.9. The van der Waals surface area contributed by atoms with Crippen LogP contribution >= 0.6 is 23.4 Å². The third kappa shape index (κ3) is 4.10. The molecule has 140 valence electrons. The van der Waals surface area contributed by atoms with Gasteiger partial charge in [-0.05, 0) is 48.2 Å². The van der Waals surface area contributed by atoms with Crippen molar-refractivity contribution in [3.63, 3.8) is 0 Å². The number of aryl methyl sites for hydroxylation is 2. The molecule has 0 saturated carbocycles. The second-order valence-electron chi connectivity index (χ2n) is 6.40. The van der Waals surface area contributed by atoms with Crippen molar-refractivity contribution in [2.45, 2.75) is 20.4 Å². The molecular weight excluding hydrogens is 382 g/mol. The Morgan fingerprint density at radius 3 is 2.33 bits per heavy atom. The molecule has 0 fully saturated rings. The first-order valence-corrected chi connectivity index (χ1v) is 9.95. The predicted octanol–water partition coefficient (Wildman–Crippen LogP) is 3.96. The smallest absolute Gasteiger partial charge is 0.268 e. The topological polar surface area (TPSA) is 57.6 Å². The Morgan fingerprint density at radius 1 is 1.00 bits per heavy atom. The van der Waals surface area contributed by atoms with Gasteiger partial charge in [-0.25, -0.2) is 0 Å². The van der Waals surface area contributed by atoms with Gasteiger partial charge in [-0.1, -0.05) is 41.9 Å². The molecule has 2 aromatic rings. The lowest BCUT2D eigenvalue weighted by Crippen LogP contribution is -2.31. The highest BCUT2D eigenvalue weighted by atomic mass is 35.5. The van der Waals surface area contributed by atoms with Crippen molar-refractivity contribution in [2.24, 2.45) is 0 Å². The number of nitrogens with zero attached hydrogens (tertiary/aromatic N) is 1. The van der Waals surface area contributed by atoms with Gasteiger partial charge in [-0.15, -0.1) is 11.8 Å². The van der Waals surface area contributed by atoms with E-state index in [1.807, 2.05) is 32.0 Å². The van der Waals surface area contributed by atoms with Crippen LogP contribution in [0.3, 0.4) is 0 Å². The number of imide groups is 1. The minimum atomic E-state index is -0.318. The lowest BCUT2D eigenvalue weighted by Gasteiger charge is -2.15. The summed E-state index contributed by atoms with van der Waals surface area (Å²) >= 11 is 7.14. The number of halogens is 1. The van der Waals surface area contributed by atoms with E-state index < -0.39 is 0 Å². The maximum absolute atomic E-state index is 13.1. The molecule has 2 aromatic carbocycles. The zero-order valence-corrected chi connectivity index (χ0v) is 16.7. The average molecular weight is 402 g/mol. The summed E-state index contributed by atoms with van der Waals surface area (Å²) in [5.41, 5.74) is 4.15. The molecule has 1 N–H and O–H groups in total. The van der Waals surface area contributed by atoms with Crippen LogP contribution in [-0.4, -0.2) is 34.2 Å². The van der Waals surface area contributed by atoms with Crippen LogP contribution in [0.25, 0.3) is 5.57 Å². The highest BCUT2D eigenvalue weighted by Gasteiger charge is 2.39. The molecule has 1 heterocycles. The average Bonchev–Trinajstić information content (AvgIpc) is 2.88. The molecule has 0 atom stereocenters. The quantitative estimate of drug-likeness (QED) is 0.744. The number of benzene rings is 2. The van der Waals surface area contributed by atoms with Crippen molar-refractivity contribution < 1.29 is 14.7 Å². The number of carbonyl (C=O) groups excluding carboxylic acids is 2. The van der Waals surface area contributed by atoms with Gasteiger partial charge < -0.3 is 5.11 Å². The number of aliphatic hydroxyl groups is 1. The Balaban J connectivity index is 1.97. The Hall–Kier alpha value is -2.08. The fraction of sp³-hybridized carbons (Fsp3) is 0.238. The summed E-state index contributed by atoms with van der Waals surface area (Å²) in [5, 5.41) is 9.78. The third-order valence-corrected chi connectivity index (χ3v) is 5.82. The standard InChI is InChI=1S/C21H20ClNO3S/c1-13-3-6-16(11-14(13)2)18-19(27-10-9-24)21(26)23(20(18)25)12-15-4-7-17(22)8-5-15/h3-8,11,24H,9-10,12H2,1-2H3. The number of hydrogen-bond donors (Lipinski definition) is 1. The molecule has 6 heteroatoms. The Morgan fingerprint density at radius 2 is 1.70 bits per heavy atom. The van der Waals surface area contributed by atoms with Crippen LogP contribution in [0.1, 0.15) is 22.3 Å². The van der Waals surface area contributed by atoms with Crippen LogP contribution in [0.4, 0.5) is 0 Å². The molecule has 1 aliphatic heterocycles. The molecule has 2 amide bonds. The second-order valence-corrected chi connectivity index (χ2v) is 7.94. The van der Waals surface area contributed by atoms with Crippen LogP contribution in [0.2, 0.25) is 5.02 Å². The van der Waals surface area contributed by atoms with Gasteiger partial charge in [0.25, 0.3) is 11.8 Å². The van der Waals surface area contributed by atoms with Crippen LogP contribution in [0, 0.1) is 13.8 Å². The number of aliphatic hydroxyl groups excluding tert-OH is 1. The van der Waals surface area contributed by atoms with Gasteiger partial charge in [-0.3, -0.25) is 14.5 Å². The zero-order chi connectivity index (χ0) is 19.6. The summed E-state index contributed by atoms with van der Waals surface area (Å²) in [5.74, 6) is -0.266. The van der Waals surface area contributed by atoms with Crippen LogP contribution in [0.15, 0.2) is 47.4 Å². The fourth-order valence-electron chi connectivity index (χ4n) is 2.90. The highest BCUT2D eigenvalue weighted by Crippen LogP contribution is 2.37. The molecular formula is C21H20ClNO3S. The molecule has 0 saturated heterocycles. The Bertz CT molecular complexity index is 922. The SMILES string of the molecule is Cc1ccc(C2=C(SCCO)C(=O)N(Cc3ccc(Cl)cc3)C2=O)cc1C. The minimum absolute atomic E-state index is 0.0625. The van der Waals surface area contributed by atoms with Crippen LogP contribution in [-0.2, 0) is 16.1 Å². The second kappa shape index (κ2) is 8.30. The number of thioether (sulfide) groups is 1. The molecule has 0 aliphatic carbocycles. The van der Waals surface area contributed by atoms with Crippen molar-refractivity contribution in [3.05, 3.63) is 74.6 Å². The maximum Gasteiger partial charge on any atom is 0.268 e. The van der Waals surface area contributed by atoms with Crippen molar-refractivity contribution in [3.8, 4) is 0 Å². The Labute approximate surface area is 167 Å². The lowest BCUT2D eigenvalue weighted by molar-refractivity contribution is -0.137. The van der Waals surface area contributed by atoms with Crippen molar-refractivity contribution in [1.82, 2.24) is 4.90 Å². The molecule has 1 aliphatic rings. The van der Waals surface area contributed by atoms with Gasteiger partial charge >= 0.3 is 0 Å². The van der Waals surface area contributed by atoms with E-state index >= 15 is 0 Å². The van der Waals surface area contributed by atoms with Gasteiger partial charge in [0.05, 0.1) is 23.6 Å². The first kappa shape index (κ1) is 19.7. The normalized spacial score (nSPS) is 14.4. The van der Waals surface area contributed by atoms with Gasteiger partial charge in [-0.2, -0.15) is 0 Å². The van der Waals surface area contributed by atoms with E-state index in [9.17, 15) is 14.7 Å². The summed E-state index contributed by atoms with van der Waals surface area (Å²) in [4.78, 5) is 27.7. The zero-order valence-electron chi connectivity index (χ0n) is 15.2. The summed E-state index contributed by atoms with van der Waals surface area (Å²) in [6.45, 7) is 4.11. The van der Waals surface area contributed by atoms with Gasteiger partial charge in [0.2, 0.25) is 0 Å². The molecule has 0 aromatic heterocycles. The van der Waals surface area contributed by atoms with E-state index in [4.69, 9.17) is 11.6 Å². The predicted molar refractivity (Wildman–Crippen MR) is 109 cm³/mol. The van der Waals surface area contributed by atoms with E-state index in [0.29, 0.717) is 21.3 Å². The van der Waals surface area contributed by atoms with Gasteiger partial charge in [0.15, 0.2) is 0 Å². The third-order valence-electron chi connectivity index (χ3n) is 4.51. The maximum atomic E-state index is 13.1. The molecule has 0 radical (unpaired) electrons. The lowest BCUT2D eigenvalue weighted by atomic mass is 10.0. The van der Waals surface area contributed by atoms with E-state index in [1.54, 1.807) is 24.3 Å². The largest absolute Gasteiger partial charge is 0.396 e. The van der Waals surface area contributed by atoms with Gasteiger partial charge in [0.1, 0.15) is 0 Å². The molecule has 3 rings (SSSR count). The summed E-state index contributed by atoms with van der Waals surface area (Å²) in [6.07, 6.45) is 0. The van der Waals surface area contributed by atoms with E-state index in [0.717, 1.165) is 22.3 Å². The molecule has 0 bridgehead atoms. The van der Waals surface area contributed by atoms with Crippen molar-refractivity contribution in [1.29, 1.82) is 0 Å². The van der Waals surface area contributed by atoms with Crippen molar-refractivity contribution in [2.75, 3.05) is 12.4 Å². The summed E-state index contributed by atoms with van der Waals surface area (Å²) in [6, 6.07) is 12.8. The van der Waals surface area contributed by atoms with E-state index in [-0.39, 0.29) is 25.0 Å². The van der Waals surface area contributed by atoms with Crippen molar-refractivity contribution >= 4 is 40.8 Å². The van der Waals surface area contributed by atoms with Crippen LogP contribution < -0.4 is 0 Å².